The van der Waals surface area contributed by atoms with Gasteiger partial charge in [-0.25, -0.2) is 9.07 Å². The van der Waals surface area contributed by atoms with Crippen molar-refractivity contribution in [1.82, 2.24) is 20.3 Å². The van der Waals surface area contributed by atoms with Crippen LogP contribution in [0.15, 0.2) is 24.4 Å². The van der Waals surface area contributed by atoms with Gasteiger partial charge in [0.2, 0.25) is 0 Å². The van der Waals surface area contributed by atoms with Gasteiger partial charge < -0.3 is 5.32 Å². The van der Waals surface area contributed by atoms with Crippen LogP contribution in [0.1, 0.15) is 18.2 Å². The molecule has 0 aliphatic rings. The van der Waals surface area contributed by atoms with Crippen molar-refractivity contribution in [2.75, 3.05) is 6.54 Å². The molecular weight excluding hydrogens is 219 g/mol. The lowest BCUT2D eigenvalue weighted by Gasteiger charge is -2.09. The second kappa shape index (κ2) is 5.05. The Morgan fingerprint density at radius 1 is 1.41 bits per heavy atom. The molecule has 0 spiro atoms. The van der Waals surface area contributed by atoms with Gasteiger partial charge in [-0.3, -0.25) is 0 Å². The summed E-state index contributed by atoms with van der Waals surface area (Å²) in [5, 5.41) is 11.1. The van der Waals surface area contributed by atoms with Gasteiger partial charge in [-0.2, -0.15) is 0 Å². The summed E-state index contributed by atoms with van der Waals surface area (Å²) in [6.45, 7) is 5.49. The van der Waals surface area contributed by atoms with Crippen LogP contribution in [0.2, 0.25) is 0 Å². The third-order valence-corrected chi connectivity index (χ3v) is 2.58. The molecule has 1 aromatic carbocycles. The fourth-order valence-corrected chi connectivity index (χ4v) is 1.64. The average Bonchev–Trinajstić information content (AvgIpc) is 2.77. The van der Waals surface area contributed by atoms with E-state index in [0.717, 1.165) is 23.5 Å². The number of rotatable bonds is 4. The molecule has 0 saturated heterocycles. The van der Waals surface area contributed by atoms with Crippen molar-refractivity contribution >= 4 is 0 Å². The first-order valence-corrected chi connectivity index (χ1v) is 5.59. The molecule has 0 aliphatic heterocycles. The Hall–Kier alpha value is -1.75. The summed E-state index contributed by atoms with van der Waals surface area (Å²) in [4.78, 5) is 0. The maximum Gasteiger partial charge on any atom is 0.125 e. The Morgan fingerprint density at radius 3 is 3.00 bits per heavy atom. The molecule has 1 N–H and O–H groups in total. The Morgan fingerprint density at radius 2 is 2.24 bits per heavy atom. The zero-order valence-electron chi connectivity index (χ0n) is 9.94. The lowest BCUT2D eigenvalue weighted by molar-refractivity contribution is 0.620. The topological polar surface area (TPSA) is 42.7 Å². The van der Waals surface area contributed by atoms with E-state index < -0.39 is 0 Å². The minimum Gasteiger partial charge on any atom is -0.311 e. The summed E-state index contributed by atoms with van der Waals surface area (Å²) in [6.07, 6.45) is 1.69. The molecule has 90 valence electrons. The fraction of sp³-hybridized carbons (Fsp3) is 0.333. The summed E-state index contributed by atoms with van der Waals surface area (Å²) < 4.78 is 14.9. The van der Waals surface area contributed by atoms with Crippen LogP contribution >= 0.6 is 0 Å². The second-order valence-electron chi connectivity index (χ2n) is 3.85. The monoisotopic (exact) mass is 234 g/mol. The van der Waals surface area contributed by atoms with Crippen molar-refractivity contribution in [3.05, 3.63) is 41.5 Å². The zero-order valence-corrected chi connectivity index (χ0v) is 9.94. The molecular formula is C12H15FN4. The highest BCUT2D eigenvalue weighted by Gasteiger charge is 2.09. The molecule has 17 heavy (non-hydrogen) atoms. The molecule has 0 atom stereocenters. The van der Waals surface area contributed by atoms with Gasteiger partial charge in [0.05, 0.1) is 17.6 Å². The first-order chi connectivity index (χ1) is 8.22. The summed E-state index contributed by atoms with van der Waals surface area (Å²) >= 11 is 0. The second-order valence-corrected chi connectivity index (χ2v) is 3.85. The van der Waals surface area contributed by atoms with E-state index in [1.807, 2.05) is 13.8 Å². The standard InChI is InChI=1S/C12H15FN4/c1-3-14-7-11-8-15-16-17(11)12-6-10(13)5-4-9(12)2/h4-6,8,14H,3,7H2,1-2H3. The van der Waals surface area contributed by atoms with Crippen LogP contribution in [0.5, 0.6) is 0 Å². The summed E-state index contributed by atoms with van der Waals surface area (Å²) in [6, 6.07) is 4.66. The van der Waals surface area contributed by atoms with E-state index in [1.165, 1.54) is 12.1 Å². The van der Waals surface area contributed by atoms with E-state index in [9.17, 15) is 4.39 Å². The number of hydrogen-bond donors (Lipinski definition) is 1. The molecule has 0 radical (unpaired) electrons. The van der Waals surface area contributed by atoms with E-state index in [1.54, 1.807) is 16.9 Å². The molecule has 0 unspecified atom stereocenters. The van der Waals surface area contributed by atoms with E-state index in [-0.39, 0.29) is 5.82 Å². The van der Waals surface area contributed by atoms with E-state index in [0.29, 0.717) is 6.54 Å². The third kappa shape index (κ3) is 2.50. The Bertz CT molecular complexity index is 507. The van der Waals surface area contributed by atoms with Crippen LogP contribution in [-0.4, -0.2) is 21.5 Å². The molecule has 2 aromatic rings. The molecule has 1 aromatic heterocycles. The minimum atomic E-state index is -0.268. The maximum absolute atomic E-state index is 13.2. The maximum atomic E-state index is 13.2. The van der Waals surface area contributed by atoms with Gasteiger partial charge in [-0.1, -0.05) is 18.2 Å². The summed E-state index contributed by atoms with van der Waals surface area (Å²) in [7, 11) is 0. The summed E-state index contributed by atoms with van der Waals surface area (Å²) in [5.41, 5.74) is 2.62. The molecule has 1 heterocycles. The number of aromatic nitrogens is 3. The van der Waals surface area contributed by atoms with Crippen LogP contribution in [0, 0.1) is 12.7 Å². The predicted octanol–water partition coefficient (Wildman–Crippen LogP) is 1.82. The zero-order chi connectivity index (χ0) is 12.3. The van der Waals surface area contributed by atoms with Crippen molar-refractivity contribution < 1.29 is 4.39 Å². The Labute approximate surface area is 99.5 Å². The fourth-order valence-electron chi connectivity index (χ4n) is 1.64. The molecule has 0 saturated carbocycles. The highest BCUT2D eigenvalue weighted by molar-refractivity contribution is 5.40. The van der Waals surface area contributed by atoms with Crippen molar-refractivity contribution in [2.45, 2.75) is 20.4 Å². The average molecular weight is 234 g/mol. The van der Waals surface area contributed by atoms with Gasteiger partial charge in [0, 0.05) is 6.54 Å². The van der Waals surface area contributed by atoms with Crippen molar-refractivity contribution in [1.29, 1.82) is 0 Å². The van der Waals surface area contributed by atoms with Gasteiger partial charge >= 0.3 is 0 Å². The van der Waals surface area contributed by atoms with Gasteiger partial charge in [0.15, 0.2) is 0 Å². The van der Waals surface area contributed by atoms with E-state index >= 15 is 0 Å². The van der Waals surface area contributed by atoms with Crippen LogP contribution in [0.4, 0.5) is 4.39 Å². The Kier molecular flexibility index (Phi) is 3.49. The molecule has 0 amide bonds. The van der Waals surface area contributed by atoms with Crippen LogP contribution in [0.3, 0.4) is 0 Å². The Balaban J connectivity index is 2.38. The smallest absolute Gasteiger partial charge is 0.125 e. The first kappa shape index (κ1) is 11.7. The highest BCUT2D eigenvalue weighted by Crippen LogP contribution is 2.16. The molecule has 0 aliphatic carbocycles. The number of hydrogen-bond acceptors (Lipinski definition) is 3. The van der Waals surface area contributed by atoms with Crippen molar-refractivity contribution in [3.63, 3.8) is 0 Å². The quantitative estimate of drug-likeness (QED) is 0.877. The van der Waals surface area contributed by atoms with Gasteiger partial charge in [-0.15, -0.1) is 5.10 Å². The molecule has 0 fully saturated rings. The van der Waals surface area contributed by atoms with E-state index in [4.69, 9.17) is 0 Å². The third-order valence-electron chi connectivity index (χ3n) is 2.58. The number of nitrogens with one attached hydrogen (secondary N) is 1. The molecule has 2 rings (SSSR count). The largest absolute Gasteiger partial charge is 0.311 e. The number of benzene rings is 1. The molecule has 5 heteroatoms. The predicted molar refractivity (Wildman–Crippen MR) is 63.4 cm³/mol. The van der Waals surface area contributed by atoms with Crippen LogP contribution < -0.4 is 5.32 Å². The highest BCUT2D eigenvalue weighted by atomic mass is 19.1. The molecule has 0 bridgehead atoms. The minimum absolute atomic E-state index is 0.268. The normalized spacial score (nSPS) is 10.8. The lowest BCUT2D eigenvalue weighted by atomic mass is 10.2. The number of halogens is 1. The van der Waals surface area contributed by atoms with Crippen molar-refractivity contribution in [3.8, 4) is 5.69 Å². The number of aryl methyl sites for hydroxylation is 1. The SMILES string of the molecule is CCNCc1cnnn1-c1cc(F)ccc1C. The lowest BCUT2D eigenvalue weighted by Crippen LogP contribution is -2.15. The van der Waals surface area contributed by atoms with Gasteiger partial charge in [0.1, 0.15) is 5.82 Å². The van der Waals surface area contributed by atoms with Crippen LogP contribution in [-0.2, 0) is 6.54 Å². The van der Waals surface area contributed by atoms with Crippen LogP contribution in [0.25, 0.3) is 5.69 Å². The van der Waals surface area contributed by atoms with Crippen molar-refractivity contribution in [2.24, 2.45) is 0 Å². The van der Waals surface area contributed by atoms with Gasteiger partial charge in [0.25, 0.3) is 0 Å². The van der Waals surface area contributed by atoms with Gasteiger partial charge in [-0.05, 0) is 31.2 Å². The number of nitrogens with zero attached hydrogens (tertiary/aromatic N) is 3. The first-order valence-electron chi connectivity index (χ1n) is 5.59. The van der Waals surface area contributed by atoms with E-state index in [2.05, 4.69) is 15.6 Å². The molecule has 4 nitrogen and oxygen atoms in total. The summed E-state index contributed by atoms with van der Waals surface area (Å²) in [5.74, 6) is -0.268.